The van der Waals surface area contributed by atoms with E-state index >= 15 is 0 Å². The van der Waals surface area contributed by atoms with Crippen LogP contribution in [0.3, 0.4) is 0 Å². The molecule has 5 heteroatoms. The lowest BCUT2D eigenvalue weighted by Gasteiger charge is -2.25. The summed E-state index contributed by atoms with van der Waals surface area (Å²) in [5.74, 6) is -0.399. The molecule has 1 atom stereocenters. The molecule has 0 radical (unpaired) electrons. The van der Waals surface area contributed by atoms with E-state index in [0.29, 0.717) is 18.9 Å². The Kier molecular flexibility index (Phi) is 7.69. The van der Waals surface area contributed by atoms with Gasteiger partial charge in [-0.3, -0.25) is 4.79 Å². The first kappa shape index (κ1) is 22.0. The maximum absolute atomic E-state index is 13.3. The number of hydrogen-bond acceptors (Lipinski definition) is 2. The van der Waals surface area contributed by atoms with Crippen molar-refractivity contribution >= 4 is 5.91 Å². The largest absolute Gasteiger partial charge is 0.355 e. The molecule has 2 aromatic rings. The Morgan fingerprint density at radius 3 is 1.89 bits per heavy atom. The lowest BCUT2D eigenvalue weighted by Crippen LogP contribution is -2.52. The average molecular weight is 389 g/mol. The van der Waals surface area contributed by atoms with Crippen molar-refractivity contribution in [2.45, 2.75) is 51.5 Å². The number of nitrogens with two attached hydrogens (primary N) is 1. The van der Waals surface area contributed by atoms with Crippen LogP contribution in [0.1, 0.15) is 57.1 Å². The number of rotatable bonds is 9. The zero-order valence-corrected chi connectivity index (χ0v) is 16.8. The van der Waals surface area contributed by atoms with Crippen molar-refractivity contribution in [3.8, 4) is 0 Å². The summed E-state index contributed by atoms with van der Waals surface area (Å²) in [6, 6.07) is 12.7. The summed E-state index contributed by atoms with van der Waals surface area (Å²) in [6.07, 6.45) is 2.08. The predicted molar refractivity (Wildman–Crippen MR) is 109 cm³/mol. The van der Waals surface area contributed by atoms with Crippen molar-refractivity contribution in [1.29, 1.82) is 0 Å². The highest BCUT2D eigenvalue weighted by molar-refractivity contribution is 5.85. The van der Waals surface area contributed by atoms with Crippen LogP contribution in [0.4, 0.5) is 8.78 Å². The van der Waals surface area contributed by atoms with E-state index < -0.39 is 5.54 Å². The van der Waals surface area contributed by atoms with Crippen LogP contribution in [0.5, 0.6) is 0 Å². The highest BCUT2D eigenvalue weighted by atomic mass is 19.1. The fourth-order valence-electron chi connectivity index (χ4n) is 3.57. The summed E-state index contributed by atoms with van der Waals surface area (Å²) < 4.78 is 26.6. The van der Waals surface area contributed by atoms with E-state index in [9.17, 15) is 13.6 Å². The zero-order chi connectivity index (χ0) is 20.7. The Balaban J connectivity index is 2.00. The van der Waals surface area contributed by atoms with Gasteiger partial charge in [-0.15, -0.1) is 0 Å². The Labute approximate surface area is 166 Å². The fourth-order valence-corrected chi connectivity index (χ4v) is 3.57. The molecule has 28 heavy (non-hydrogen) atoms. The van der Waals surface area contributed by atoms with Gasteiger partial charge in [0, 0.05) is 12.5 Å². The van der Waals surface area contributed by atoms with Crippen LogP contribution in [0.2, 0.25) is 0 Å². The van der Waals surface area contributed by atoms with Crippen molar-refractivity contribution in [3.63, 3.8) is 0 Å². The fraction of sp³-hybridized carbons (Fsp3) is 0.435. The number of benzene rings is 2. The molecule has 0 aliphatic rings. The van der Waals surface area contributed by atoms with E-state index in [1.54, 1.807) is 31.2 Å². The average Bonchev–Trinajstić information content (AvgIpc) is 2.62. The molecular formula is C23H30F2N2O. The first-order valence-corrected chi connectivity index (χ1v) is 9.77. The third-order valence-electron chi connectivity index (χ3n) is 4.85. The van der Waals surface area contributed by atoms with E-state index in [1.165, 1.54) is 24.3 Å². The minimum absolute atomic E-state index is 0.00183. The second kappa shape index (κ2) is 9.78. The van der Waals surface area contributed by atoms with Gasteiger partial charge in [-0.05, 0) is 67.5 Å². The highest BCUT2D eigenvalue weighted by Crippen LogP contribution is 2.29. The molecule has 3 nitrogen and oxygen atoms in total. The molecule has 2 aromatic carbocycles. The van der Waals surface area contributed by atoms with E-state index in [4.69, 9.17) is 5.73 Å². The van der Waals surface area contributed by atoms with Crippen molar-refractivity contribution in [2.24, 2.45) is 11.7 Å². The molecule has 1 amide bonds. The number of carbonyl (C=O) groups is 1. The summed E-state index contributed by atoms with van der Waals surface area (Å²) in [7, 11) is 0. The molecule has 2 rings (SSSR count). The van der Waals surface area contributed by atoms with E-state index in [1.807, 2.05) is 13.8 Å². The molecule has 0 heterocycles. The second-order valence-electron chi connectivity index (χ2n) is 8.07. The van der Waals surface area contributed by atoms with E-state index in [0.717, 1.165) is 24.0 Å². The van der Waals surface area contributed by atoms with Crippen LogP contribution in [0.25, 0.3) is 0 Å². The maximum Gasteiger partial charge on any atom is 0.239 e. The molecule has 0 aromatic heterocycles. The van der Waals surface area contributed by atoms with Gasteiger partial charge in [0.05, 0.1) is 5.54 Å². The van der Waals surface area contributed by atoms with Gasteiger partial charge in [0.15, 0.2) is 0 Å². The standard InChI is InChI=1S/C23H30F2N2O/c1-16(2)15-23(3,26)22(28)27-14-4-5-21(17-6-10-19(24)11-7-17)18-8-12-20(25)13-9-18/h6-13,16,21H,4-5,14-15,26H2,1-3H3,(H,27,28)/t23-/m0/s1. The minimum Gasteiger partial charge on any atom is -0.355 e. The minimum atomic E-state index is -0.887. The first-order valence-electron chi connectivity index (χ1n) is 9.77. The third kappa shape index (κ3) is 6.41. The topological polar surface area (TPSA) is 55.1 Å². The summed E-state index contributed by atoms with van der Waals surface area (Å²) in [5, 5.41) is 2.92. The predicted octanol–water partition coefficient (Wildman–Crippen LogP) is 4.76. The van der Waals surface area contributed by atoms with Crippen molar-refractivity contribution in [3.05, 3.63) is 71.3 Å². The Hall–Kier alpha value is -2.27. The molecular weight excluding hydrogens is 358 g/mol. The molecule has 0 fully saturated rings. The maximum atomic E-state index is 13.3. The van der Waals surface area contributed by atoms with Gasteiger partial charge in [0.2, 0.25) is 5.91 Å². The third-order valence-corrected chi connectivity index (χ3v) is 4.85. The molecule has 0 unspecified atom stereocenters. The lowest BCUT2D eigenvalue weighted by molar-refractivity contribution is -0.126. The zero-order valence-electron chi connectivity index (χ0n) is 16.8. The van der Waals surface area contributed by atoms with Crippen LogP contribution in [0, 0.1) is 17.6 Å². The molecule has 0 spiro atoms. The molecule has 3 N–H and O–H groups in total. The van der Waals surface area contributed by atoms with Crippen molar-refractivity contribution in [1.82, 2.24) is 5.32 Å². The second-order valence-corrected chi connectivity index (χ2v) is 8.07. The lowest BCUT2D eigenvalue weighted by atomic mass is 9.87. The molecule has 0 bridgehead atoms. The van der Waals surface area contributed by atoms with Crippen LogP contribution in [0.15, 0.2) is 48.5 Å². The first-order chi connectivity index (χ1) is 13.2. The Morgan fingerprint density at radius 2 is 1.46 bits per heavy atom. The molecule has 152 valence electrons. The van der Waals surface area contributed by atoms with Gasteiger partial charge in [0.1, 0.15) is 11.6 Å². The van der Waals surface area contributed by atoms with Gasteiger partial charge in [-0.2, -0.15) is 0 Å². The van der Waals surface area contributed by atoms with E-state index in [-0.39, 0.29) is 23.5 Å². The van der Waals surface area contributed by atoms with E-state index in [2.05, 4.69) is 5.32 Å². The van der Waals surface area contributed by atoms with Crippen molar-refractivity contribution in [2.75, 3.05) is 6.54 Å². The van der Waals surface area contributed by atoms with Crippen LogP contribution < -0.4 is 11.1 Å². The van der Waals surface area contributed by atoms with Gasteiger partial charge in [-0.1, -0.05) is 38.1 Å². The molecule has 0 saturated carbocycles. The quantitative estimate of drug-likeness (QED) is 0.609. The Bertz CT molecular complexity index is 710. The Morgan fingerprint density at radius 1 is 1.00 bits per heavy atom. The summed E-state index contributed by atoms with van der Waals surface area (Å²) in [6.45, 7) is 6.33. The molecule has 0 aliphatic carbocycles. The summed E-state index contributed by atoms with van der Waals surface area (Å²) >= 11 is 0. The van der Waals surface area contributed by atoms with Gasteiger partial charge in [0.25, 0.3) is 0 Å². The van der Waals surface area contributed by atoms with Crippen molar-refractivity contribution < 1.29 is 13.6 Å². The summed E-state index contributed by atoms with van der Waals surface area (Å²) in [5.41, 5.74) is 7.17. The van der Waals surface area contributed by atoms with Gasteiger partial charge >= 0.3 is 0 Å². The normalized spacial score (nSPS) is 13.6. The monoisotopic (exact) mass is 388 g/mol. The number of nitrogens with one attached hydrogen (secondary N) is 1. The van der Waals surface area contributed by atoms with Gasteiger partial charge in [-0.25, -0.2) is 8.78 Å². The molecule has 0 saturated heterocycles. The van der Waals surface area contributed by atoms with Crippen LogP contribution >= 0.6 is 0 Å². The number of carbonyl (C=O) groups excluding carboxylic acids is 1. The van der Waals surface area contributed by atoms with Crippen LogP contribution in [-0.4, -0.2) is 18.0 Å². The highest BCUT2D eigenvalue weighted by Gasteiger charge is 2.28. The number of amides is 1. The summed E-state index contributed by atoms with van der Waals surface area (Å²) in [4.78, 5) is 12.3. The SMILES string of the molecule is CC(C)C[C@](C)(N)C(=O)NCCCC(c1ccc(F)cc1)c1ccc(F)cc1. The number of hydrogen-bond donors (Lipinski definition) is 2. The van der Waals surface area contributed by atoms with Crippen LogP contribution in [-0.2, 0) is 4.79 Å². The smallest absolute Gasteiger partial charge is 0.239 e. The molecule has 0 aliphatic heterocycles. The number of halogens is 2. The van der Waals surface area contributed by atoms with Gasteiger partial charge < -0.3 is 11.1 Å².